The number of rotatable bonds is 6. The van der Waals surface area contributed by atoms with Gasteiger partial charge in [0.25, 0.3) is 5.91 Å². The van der Waals surface area contributed by atoms with Crippen LogP contribution in [-0.4, -0.2) is 37.0 Å². The molecule has 0 saturated carbocycles. The third-order valence-corrected chi connectivity index (χ3v) is 5.10. The van der Waals surface area contributed by atoms with Crippen LogP contribution in [-0.2, 0) is 4.79 Å². The summed E-state index contributed by atoms with van der Waals surface area (Å²) in [5.41, 5.74) is 0.979. The number of carbonyl (C=O) groups excluding carboxylic acids is 1. The molecular formula is C21H22BrN3O2. The summed E-state index contributed by atoms with van der Waals surface area (Å²) in [4.78, 5) is 14.6. The van der Waals surface area contributed by atoms with Gasteiger partial charge in [0.15, 0.2) is 0 Å². The molecule has 1 N–H and O–H groups in total. The maximum atomic E-state index is 12.3. The monoisotopic (exact) mass is 427 g/mol. The van der Waals surface area contributed by atoms with E-state index in [9.17, 15) is 10.1 Å². The lowest BCUT2D eigenvalue weighted by Gasteiger charge is -2.26. The van der Waals surface area contributed by atoms with Gasteiger partial charge in [0.1, 0.15) is 23.2 Å². The van der Waals surface area contributed by atoms with Crippen LogP contribution in [0.5, 0.6) is 0 Å². The van der Waals surface area contributed by atoms with Gasteiger partial charge in [-0.15, -0.1) is 0 Å². The molecule has 5 nitrogen and oxygen atoms in total. The number of hydrogen-bond donors (Lipinski definition) is 1. The van der Waals surface area contributed by atoms with Gasteiger partial charge < -0.3 is 14.6 Å². The molecule has 1 saturated heterocycles. The SMILES string of the molecule is N#C/C(=C/c1ccc(-c2ccc(Br)cc2)o1)C(=O)NCCN1CCCCC1. The maximum Gasteiger partial charge on any atom is 0.262 e. The van der Waals surface area contributed by atoms with E-state index in [2.05, 4.69) is 26.1 Å². The first-order chi connectivity index (χ1) is 13.2. The number of furan rings is 1. The Bertz CT molecular complexity index is 843. The standard InChI is InChI=1S/C21H22BrN3O2/c22-18-6-4-16(5-7-18)20-9-8-19(27-20)14-17(15-23)21(26)24-10-13-25-11-2-1-3-12-25/h4-9,14H,1-3,10-13H2,(H,24,26)/b17-14-. The average molecular weight is 428 g/mol. The van der Waals surface area contributed by atoms with Crippen molar-refractivity contribution >= 4 is 27.9 Å². The Balaban J connectivity index is 1.59. The van der Waals surface area contributed by atoms with E-state index in [1.54, 1.807) is 6.07 Å². The van der Waals surface area contributed by atoms with Gasteiger partial charge in [-0.25, -0.2) is 0 Å². The van der Waals surface area contributed by atoms with Crippen LogP contribution in [0.25, 0.3) is 17.4 Å². The first-order valence-corrected chi connectivity index (χ1v) is 9.93. The predicted octanol–water partition coefficient (Wildman–Crippen LogP) is 4.22. The van der Waals surface area contributed by atoms with Crippen molar-refractivity contribution < 1.29 is 9.21 Å². The third kappa shape index (κ3) is 5.56. The largest absolute Gasteiger partial charge is 0.457 e. The third-order valence-electron chi connectivity index (χ3n) is 4.57. The molecule has 1 fully saturated rings. The van der Waals surface area contributed by atoms with Gasteiger partial charge in [-0.3, -0.25) is 4.79 Å². The quantitative estimate of drug-likeness (QED) is 0.553. The van der Waals surface area contributed by atoms with Gasteiger partial charge in [0.2, 0.25) is 0 Å². The Labute approximate surface area is 167 Å². The summed E-state index contributed by atoms with van der Waals surface area (Å²) in [6, 6.07) is 13.3. The number of nitrogens with zero attached hydrogens (tertiary/aromatic N) is 2. The Hall–Kier alpha value is -2.36. The van der Waals surface area contributed by atoms with Crippen LogP contribution in [0, 0.1) is 11.3 Å². The molecule has 0 bridgehead atoms. The highest BCUT2D eigenvalue weighted by molar-refractivity contribution is 9.10. The van der Waals surface area contributed by atoms with Crippen LogP contribution < -0.4 is 5.32 Å². The Morgan fingerprint density at radius 3 is 2.63 bits per heavy atom. The molecule has 0 spiro atoms. The van der Waals surface area contributed by atoms with Crippen molar-refractivity contribution in [3.63, 3.8) is 0 Å². The normalized spacial score (nSPS) is 15.3. The summed E-state index contributed by atoms with van der Waals surface area (Å²) in [5, 5.41) is 12.2. The molecule has 1 aliphatic rings. The van der Waals surface area contributed by atoms with Crippen molar-refractivity contribution in [3.8, 4) is 17.4 Å². The molecule has 2 aromatic rings. The molecule has 1 amide bonds. The molecule has 27 heavy (non-hydrogen) atoms. The van der Waals surface area contributed by atoms with Gasteiger partial charge in [0, 0.05) is 29.2 Å². The highest BCUT2D eigenvalue weighted by Crippen LogP contribution is 2.25. The minimum absolute atomic E-state index is 0.0466. The van der Waals surface area contributed by atoms with Crippen molar-refractivity contribution in [2.24, 2.45) is 0 Å². The lowest BCUT2D eigenvalue weighted by atomic mass is 10.1. The van der Waals surface area contributed by atoms with Gasteiger partial charge in [-0.1, -0.05) is 34.5 Å². The van der Waals surface area contributed by atoms with E-state index in [0.29, 0.717) is 18.1 Å². The minimum Gasteiger partial charge on any atom is -0.457 e. The summed E-state index contributed by atoms with van der Waals surface area (Å²) >= 11 is 3.40. The van der Waals surface area contributed by atoms with Gasteiger partial charge in [-0.05, 0) is 50.2 Å². The number of nitriles is 1. The second-order valence-corrected chi connectivity index (χ2v) is 7.45. The van der Waals surface area contributed by atoms with E-state index in [4.69, 9.17) is 4.42 Å². The lowest BCUT2D eigenvalue weighted by Crippen LogP contribution is -2.37. The fourth-order valence-electron chi connectivity index (χ4n) is 3.10. The molecule has 1 aromatic heterocycles. The summed E-state index contributed by atoms with van der Waals surface area (Å²) in [6.45, 7) is 3.53. The van der Waals surface area contributed by atoms with Crippen LogP contribution in [0.1, 0.15) is 25.0 Å². The molecule has 1 aliphatic heterocycles. The van der Waals surface area contributed by atoms with Crippen molar-refractivity contribution in [2.45, 2.75) is 19.3 Å². The van der Waals surface area contributed by atoms with E-state index in [1.807, 2.05) is 36.4 Å². The first kappa shape index (κ1) is 19.4. The lowest BCUT2D eigenvalue weighted by molar-refractivity contribution is -0.117. The zero-order chi connectivity index (χ0) is 19.1. The molecule has 0 atom stereocenters. The smallest absolute Gasteiger partial charge is 0.262 e. The molecule has 6 heteroatoms. The number of nitrogens with one attached hydrogen (secondary N) is 1. The second-order valence-electron chi connectivity index (χ2n) is 6.54. The van der Waals surface area contributed by atoms with Crippen LogP contribution >= 0.6 is 15.9 Å². The average Bonchev–Trinajstić information content (AvgIpc) is 3.16. The van der Waals surface area contributed by atoms with Crippen molar-refractivity contribution in [2.75, 3.05) is 26.2 Å². The summed E-state index contributed by atoms with van der Waals surface area (Å²) in [5.74, 6) is 0.809. The fraction of sp³-hybridized carbons (Fsp3) is 0.333. The zero-order valence-corrected chi connectivity index (χ0v) is 16.7. The maximum absolute atomic E-state index is 12.3. The molecule has 140 valence electrons. The van der Waals surface area contributed by atoms with E-state index in [1.165, 1.54) is 25.3 Å². The zero-order valence-electron chi connectivity index (χ0n) is 15.1. The van der Waals surface area contributed by atoms with E-state index < -0.39 is 0 Å². The van der Waals surface area contributed by atoms with Crippen molar-refractivity contribution in [3.05, 3.63) is 52.2 Å². The number of likely N-dealkylation sites (tertiary alicyclic amines) is 1. The van der Waals surface area contributed by atoms with Crippen molar-refractivity contribution in [1.82, 2.24) is 10.2 Å². The Morgan fingerprint density at radius 2 is 1.93 bits per heavy atom. The number of hydrogen-bond acceptors (Lipinski definition) is 4. The first-order valence-electron chi connectivity index (χ1n) is 9.14. The number of carbonyl (C=O) groups is 1. The number of amides is 1. The molecule has 2 heterocycles. The van der Waals surface area contributed by atoms with E-state index in [0.717, 1.165) is 29.7 Å². The van der Waals surface area contributed by atoms with Gasteiger partial charge in [0.05, 0.1) is 0 Å². The summed E-state index contributed by atoms with van der Waals surface area (Å²) in [7, 11) is 0. The topological polar surface area (TPSA) is 69.3 Å². The van der Waals surface area contributed by atoms with Crippen LogP contribution in [0.2, 0.25) is 0 Å². The molecule has 0 aliphatic carbocycles. The van der Waals surface area contributed by atoms with Gasteiger partial charge >= 0.3 is 0 Å². The summed E-state index contributed by atoms with van der Waals surface area (Å²) in [6.07, 6.45) is 5.21. The molecular weight excluding hydrogens is 406 g/mol. The number of benzene rings is 1. The Morgan fingerprint density at radius 1 is 1.19 bits per heavy atom. The van der Waals surface area contributed by atoms with Crippen LogP contribution in [0.4, 0.5) is 0 Å². The highest BCUT2D eigenvalue weighted by Gasteiger charge is 2.13. The molecule has 1 aromatic carbocycles. The fourth-order valence-corrected chi connectivity index (χ4v) is 3.36. The van der Waals surface area contributed by atoms with Gasteiger partial charge in [-0.2, -0.15) is 5.26 Å². The second kappa shape index (κ2) is 9.54. The predicted molar refractivity (Wildman–Crippen MR) is 109 cm³/mol. The highest BCUT2D eigenvalue weighted by atomic mass is 79.9. The van der Waals surface area contributed by atoms with E-state index in [-0.39, 0.29) is 11.5 Å². The van der Waals surface area contributed by atoms with E-state index >= 15 is 0 Å². The molecule has 0 radical (unpaired) electrons. The molecule has 0 unspecified atom stereocenters. The summed E-state index contributed by atoms with van der Waals surface area (Å²) < 4.78 is 6.75. The minimum atomic E-state index is -0.365. The van der Waals surface area contributed by atoms with Crippen molar-refractivity contribution in [1.29, 1.82) is 5.26 Å². The Kier molecular flexibility index (Phi) is 6.86. The molecule has 3 rings (SSSR count). The number of halogens is 1. The number of piperidine rings is 1. The van der Waals surface area contributed by atoms with Crippen LogP contribution in [0.15, 0.2) is 50.9 Å². The van der Waals surface area contributed by atoms with Crippen LogP contribution in [0.3, 0.4) is 0 Å².